The van der Waals surface area contributed by atoms with Crippen LogP contribution < -0.4 is 10.6 Å². The second-order valence-corrected chi connectivity index (χ2v) is 6.05. The molecule has 2 N–H and O–H groups in total. The highest BCUT2D eigenvalue weighted by atomic mass is 19.1. The van der Waals surface area contributed by atoms with E-state index < -0.39 is 11.8 Å². The molecule has 0 aromatic heterocycles. The van der Waals surface area contributed by atoms with E-state index in [1.807, 2.05) is 30.3 Å². The van der Waals surface area contributed by atoms with Gasteiger partial charge in [-0.2, -0.15) is 0 Å². The molecule has 3 rings (SSSR count). The van der Waals surface area contributed by atoms with Crippen molar-refractivity contribution < 1.29 is 9.18 Å². The number of likely N-dealkylation sites (tertiary alicyclic amines) is 1. The van der Waals surface area contributed by atoms with Crippen molar-refractivity contribution in [1.29, 1.82) is 0 Å². The number of carbonyl (C=O) groups excluding carboxylic acids is 1. The lowest BCUT2D eigenvalue weighted by Gasteiger charge is -2.25. The number of hydrogen-bond acceptors (Lipinski definition) is 2. The summed E-state index contributed by atoms with van der Waals surface area (Å²) in [6.07, 6.45) is 2.39. The van der Waals surface area contributed by atoms with Crippen LogP contribution in [-0.4, -0.2) is 30.6 Å². The Hall–Kier alpha value is -2.40. The third-order valence-electron chi connectivity index (χ3n) is 4.27. The molecule has 1 aliphatic heterocycles. The van der Waals surface area contributed by atoms with Gasteiger partial charge in [-0.05, 0) is 43.6 Å². The Morgan fingerprint density at radius 3 is 2.42 bits per heavy atom. The van der Waals surface area contributed by atoms with Crippen LogP contribution in [0.4, 0.5) is 14.9 Å². The van der Waals surface area contributed by atoms with Crippen molar-refractivity contribution in [3.63, 3.8) is 0 Å². The maximum absolute atomic E-state index is 13.7. The summed E-state index contributed by atoms with van der Waals surface area (Å²) in [5.41, 5.74) is 1.23. The predicted octanol–water partition coefficient (Wildman–Crippen LogP) is 3.78. The fraction of sp³-hybridized carbons (Fsp3) is 0.316. The van der Waals surface area contributed by atoms with E-state index >= 15 is 0 Å². The van der Waals surface area contributed by atoms with Gasteiger partial charge in [0.1, 0.15) is 5.82 Å². The van der Waals surface area contributed by atoms with Gasteiger partial charge in [0.05, 0.1) is 11.7 Å². The quantitative estimate of drug-likeness (QED) is 0.878. The first-order chi connectivity index (χ1) is 11.7. The number of para-hydroxylation sites is 1. The molecule has 2 aromatic rings. The second kappa shape index (κ2) is 7.93. The number of rotatable bonds is 5. The van der Waals surface area contributed by atoms with Crippen molar-refractivity contribution in [3.8, 4) is 0 Å². The van der Waals surface area contributed by atoms with Gasteiger partial charge in [0.2, 0.25) is 0 Å². The Labute approximate surface area is 141 Å². The molecule has 1 fully saturated rings. The molecule has 1 atom stereocenters. The topological polar surface area (TPSA) is 44.4 Å². The largest absolute Gasteiger partial charge is 0.330 e. The highest BCUT2D eigenvalue weighted by Gasteiger charge is 2.21. The van der Waals surface area contributed by atoms with Crippen LogP contribution in [0, 0.1) is 5.82 Å². The first-order valence-electron chi connectivity index (χ1n) is 8.32. The highest BCUT2D eigenvalue weighted by Crippen LogP contribution is 2.18. The third kappa shape index (κ3) is 4.32. The lowest BCUT2D eigenvalue weighted by Crippen LogP contribution is -2.39. The van der Waals surface area contributed by atoms with Crippen molar-refractivity contribution in [1.82, 2.24) is 10.2 Å². The van der Waals surface area contributed by atoms with E-state index in [4.69, 9.17) is 0 Å². The Morgan fingerprint density at radius 2 is 1.71 bits per heavy atom. The molecule has 1 heterocycles. The van der Waals surface area contributed by atoms with Crippen LogP contribution in [0.1, 0.15) is 24.4 Å². The van der Waals surface area contributed by atoms with Gasteiger partial charge in [0.25, 0.3) is 0 Å². The minimum Gasteiger partial charge on any atom is -0.330 e. The third-order valence-corrected chi connectivity index (χ3v) is 4.27. The monoisotopic (exact) mass is 327 g/mol. The minimum atomic E-state index is -0.441. The lowest BCUT2D eigenvalue weighted by molar-refractivity contribution is 0.240. The van der Waals surface area contributed by atoms with Gasteiger partial charge in [-0.25, -0.2) is 9.18 Å². The van der Waals surface area contributed by atoms with Gasteiger partial charge in [-0.3, -0.25) is 0 Å². The number of amides is 2. The summed E-state index contributed by atoms with van der Waals surface area (Å²) in [6.45, 7) is 2.87. The molecule has 0 radical (unpaired) electrons. The number of halogens is 1. The molecule has 126 valence electrons. The van der Waals surface area contributed by atoms with Gasteiger partial charge in [-0.1, -0.05) is 42.5 Å². The molecular formula is C19H22FN3O. The molecular weight excluding hydrogens is 305 g/mol. The Kier molecular flexibility index (Phi) is 5.43. The fourth-order valence-electron chi connectivity index (χ4n) is 3.02. The maximum Gasteiger partial charge on any atom is 0.319 e. The fourth-order valence-corrected chi connectivity index (χ4v) is 3.02. The SMILES string of the molecule is O=C(Nc1ccccc1F)NC(CN1CCCC1)c1ccccc1. The average molecular weight is 327 g/mol. The van der Waals surface area contributed by atoms with E-state index in [0.29, 0.717) is 0 Å². The zero-order valence-corrected chi connectivity index (χ0v) is 13.5. The van der Waals surface area contributed by atoms with Crippen LogP contribution in [0.2, 0.25) is 0 Å². The summed E-state index contributed by atoms with van der Waals surface area (Å²) in [5.74, 6) is -0.441. The Balaban J connectivity index is 1.68. The summed E-state index contributed by atoms with van der Waals surface area (Å²) in [6, 6.07) is 15.5. The van der Waals surface area contributed by atoms with Crippen molar-refractivity contribution in [3.05, 3.63) is 66.0 Å². The molecule has 24 heavy (non-hydrogen) atoms. The number of nitrogens with one attached hydrogen (secondary N) is 2. The van der Waals surface area contributed by atoms with Crippen molar-refractivity contribution in [2.45, 2.75) is 18.9 Å². The van der Waals surface area contributed by atoms with Gasteiger partial charge < -0.3 is 15.5 Å². The summed E-state index contributed by atoms with van der Waals surface area (Å²) >= 11 is 0. The number of hydrogen-bond donors (Lipinski definition) is 2. The van der Waals surface area contributed by atoms with Gasteiger partial charge in [0.15, 0.2) is 0 Å². The molecule has 4 nitrogen and oxygen atoms in total. The summed E-state index contributed by atoms with van der Waals surface area (Å²) in [7, 11) is 0. The first-order valence-corrected chi connectivity index (χ1v) is 8.32. The van der Waals surface area contributed by atoms with Crippen LogP contribution in [0.15, 0.2) is 54.6 Å². The van der Waals surface area contributed by atoms with Crippen LogP contribution in [0.25, 0.3) is 0 Å². The van der Waals surface area contributed by atoms with E-state index in [1.54, 1.807) is 18.2 Å². The van der Waals surface area contributed by atoms with E-state index in [1.165, 1.54) is 18.9 Å². The molecule has 1 unspecified atom stereocenters. The van der Waals surface area contributed by atoms with Crippen molar-refractivity contribution >= 4 is 11.7 Å². The molecule has 0 aliphatic carbocycles. The number of urea groups is 1. The zero-order chi connectivity index (χ0) is 16.8. The summed E-state index contributed by atoms with van der Waals surface area (Å²) in [4.78, 5) is 14.7. The first kappa shape index (κ1) is 16.5. The number of benzene rings is 2. The number of carbonyl (C=O) groups is 1. The van der Waals surface area contributed by atoms with Gasteiger partial charge in [-0.15, -0.1) is 0 Å². The lowest BCUT2D eigenvalue weighted by atomic mass is 10.1. The zero-order valence-electron chi connectivity index (χ0n) is 13.5. The molecule has 0 spiro atoms. The molecule has 2 amide bonds. The Bertz CT molecular complexity index is 671. The number of anilines is 1. The summed E-state index contributed by atoms with van der Waals surface area (Å²) in [5, 5.41) is 5.57. The van der Waals surface area contributed by atoms with E-state index in [9.17, 15) is 9.18 Å². The predicted molar refractivity (Wildman–Crippen MR) is 93.4 cm³/mol. The molecule has 0 saturated carbocycles. The smallest absolute Gasteiger partial charge is 0.319 e. The average Bonchev–Trinajstić information content (AvgIpc) is 3.10. The van der Waals surface area contributed by atoms with Crippen LogP contribution in [0.5, 0.6) is 0 Å². The molecule has 5 heteroatoms. The van der Waals surface area contributed by atoms with Crippen LogP contribution in [-0.2, 0) is 0 Å². The van der Waals surface area contributed by atoms with Gasteiger partial charge in [0, 0.05) is 6.54 Å². The molecule has 1 aliphatic rings. The normalized spacial score (nSPS) is 15.9. The van der Waals surface area contributed by atoms with Gasteiger partial charge >= 0.3 is 6.03 Å². The Morgan fingerprint density at radius 1 is 1.04 bits per heavy atom. The minimum absolute atomic E-state index is 0.129. The second-order valence-electron chi connectivity index (χ2n) is 6.05. The highest BCUT2D eigenvalue weighted by molar-refractivity contribution is 5.89. The van der Waals surface area contributed by atoms with Crippen LogP contribution in [0.3, 0.4) is 0 Å². The van der Waals surface area contributed by atoms with Crippen molar-refractivity contribution in [2.75, 3.05) is 25.0 Å². The maximum atomic E-state index is 13.7. The van der Waals surface area contributed by atoms with E-state index in [0.717, 1.165) is 25.2 Å². The van der Waals surface area contributed by atoms with E-state index in [-0.39, 0.29) is 11.7 Å². The van der Waals surface area contributed by atoms with E-state index in [2.05, 4.69) is 15.5 Å². The standard InChI is InChI=1S/C19H22FN3O/c20-16-10-4-5-11-17(16)21-19(24)22-18(14-23-12-6-7-13-23)15-8-2-1-3-9-15/h1-5,8-11,18H,6-7,12-14H2,(H2,21,22,24). The summed E-state index contributed by atoms with van der Waals surface area (Å²) < 4.78 is 13.7. The molecule has 0 bridgehead atoms. The molecule has 1 saturated heterocycles. The number of nitrogens with zero attached hydrogens (tertiary/aromatic N) is 1. The van der Waals surface area contributed by atoms with Crippen LogP contribution >= 0.6 is 0 Å². The molecule has 2 aromatic carbocycles. The van der Waals surface area contributed by atoms with Crippen molar-refractivity contribution in [2.24, 2.45) is 0 Å².